The molecule has 144 valence electrons. The maximum atomic E-state index is 12.6. The molecular weight excluding hydrogens is 354 g/mol. The van der Waals surface area contributed by atoms with Gasteiger partial charge in [0.05, 0.1) is 18.5 Å². The molecule has 2 atom stereocenters. The van der Waals surface area contributed by atoms with Gasteiger partial charge < -0.3 is 15.4 Å². The molecule has 1 aromatic rings. The summed E-state index contributed by atoms with van der Waals surface area (Å²) in [6, 6.07) is 8.87. The molecule has 2 aliphatic heterocycles. The Hall–Kier alpha value is -1.48. The number of ether oxygens (including phenoxy) is 1. The Morgan fingerprint density at radius 1 is 1.27 bits per heavy atom. The van der Waals surface area contributed by atoms with E-state index in [9.17, 15) is 13.2 Å². The molecule has 3 rings (SSSR count). The predicted octanol–water partition coefficient (Wildman–Crippen LogP) is 0.474. The lowest BCUT2D eigenvalue weighted by Crippen LogP contribution is -2.58. The highest BCUT2D eigenvalue weighted by Gasteiger charge is 2.32. The highest BCUT2D eigenvalue weighted by molar-refractivity contribution is 7.88. The lowest BCUT2D eigenvalue weighted by atomic mass is 10.0. The van der Waals surface area contributed by atoms with Crippen molar-refractivity contribution in [3.8, 4) is 0 Å². The van der Waals surface area contributed by atoms with Crippen molar-refractivity contribution in [2.24, 2.45) is 0 Å². The molecule has 2 aliphatic rings. The molecule has 2 fully saturated rings. The van der Waals surface area contributed by atoms with Crippen LogP contribution in [0.4, 0.5) is 0 Å². The molecule has 2 N–H and O–H groups in total. The van der Waals surface area contributed by atoms with Gasteiger partial charge in [0.25, 0.3) is 0 Å². The van der Waals surface area contributed by atoms with E-state index < -0.39 is 10.0 Å². The zero-order valence-corrected chi connectivity index (χ0v) is 15.9. The first-order valence-corrected chi connectivity index (χ1v) is 10.7. The van der Waals surface area contributed by atoms with Crippen LogP contribution in [0.5, 0.6) is 0 Å². The number of piperidine rings is 1. The van der Waals surface area contributed by atoms with E-state index in [1.54, 1.807) is 0 Å². The second-order valence-electron chi connectivity index (χ2n) is 6.93. The van der Waals surface area contributed by atoms with Crippen LogP contribution in [0.25, 0.3) is 0 Å². The highest BCUT2D eigenvalue weighted by atomic mass is 32.2. The first-order valence-electron chi connectivity index (χ1n) is 9.13. The maximum Gasteiger partial charge on any atom is 0.240 e. The summed E-state index contributed by atoms with van der Waals surface area (Å²) in [5.41, 5.74) is 0.792. The van der Waals surface area contributed by atoms with Crippen molar-refractivity contribution in [2.75, 3.05) is 26.2 Å². The molecule has 8 heteroatoms. The number of sulfonamides is 1. The fraction of sp³-hybridized carbons (Fsp3) is 0.611. The third-order valence-corrected chi connectivity index (χ3v) is 6.83. The Bertz CT molecular complexity index is 702. The molecule has 0 bridgehead atoms. The molecule has 2 saturated heterocycles. The number of rotatable bonds is 5. The molecule has 0 unspecified atom stereocenters. The van der Waals surface area contributed by atoms with Crippen molar-refractivity contribution in [3.63, 3.8) is 0 Å². The summed E-state index contributed by atoms with van der Waals surface area (Å²) in [5, 5.41) is 6.21. The van der Waals surface area contributed by atoms with Crippen molar-refractivity contribution in [3.05, 3.63) is 35.9 Å². The van der Waals surface area contributed by atoms with Crippen LogP contribution in [-0.2, 0) is 25.3 Å². The van der Waals surface area contributed by atoms with Gasteiger partial charge in [0.1, 0.15) is 6.04 Å². The van der Waals surface area contributed by atoms with Gasteiger partial charge in [0.2, 0.25) is 15.9 Å². The van der Waals surface area contributed by atoms with Crippen LogP contribution in [0.1, 0.15) is 25.3 Å². The summed E-state index contributed by atoms with van der Waals surface area (Å²) in [6.45, 7) is 4.03. The zero-order chi connectivity index (χ0) is 18.6. The van der Waals surface area contributed by atoms with E-state index in [0.717, 1.165) is 5.56 Å². The highest BCUT2D eigenvalue weighted by Crippen LogP contribution is 2.18. The van der Waals surface area contributed by atoms with Crippen LogP contribution >= 0.6 is 0 Å². The van der Waals surface area contributed by atoms with E-state index in [-0.39, 0.29) is 29.8 Å². The number of nitrogens with one attached hydrogen (secondary N) is 2. The van der Waals surface area contributed by atoms with Crippen LogP contribution in [0, 0.1) is 0 Å². The molecule has 26 heavy (non-hydrogen) atoms. The molecule has 1 aromatic carbocycles. The number of hydrogen-bond acceptors (Lipinski definition) is 5. The molecule has 1 amide bonds. The SMILES string of the molecule is C[C@H]1OCCN[C@@H]1C(=O)NC1CCN(S(=O)(=O)Cc2ccccc2)CC1. The number of carbonyl (C=O) groups is 1. The predicted molar refractivity (Wildman–Crippen MR) is 99.0 cm³/mol. The van der Waals surface area contributed by atoms with E-state index in [2.05, 4.69) is 10.6 Å². The van der Waals surface area contributed by atoms with Crippen LogP contribution in [0.3, 0.4) is 0 Å². The Labute approximate surface area is 155 Å². The van der Waals surface area contributed by atoms with Crippen LogP contribution in [-0.4, -0.2) is 63.1 Å². The molecule has 0 aromatic heterocycles. The van der Waals surface area contributed by atoms with Crippen molar-refractivity contribution in [1.29, 1.82) is 0 Å². The smallest absolute Gasteiger partial charge is 0.240 e. The summed E-state index contributed by atoms with van der Waals surface area (Å²) in [6.07, 6.45) is 1.10. The topological polar surface area (TPSA) is 87.7 Å². The van der Waals surface area contributed by atoms with E-state index in [1.807, 2.05) is 37.3 Å². The summed E-state index contributed by atoms with van der Waals surface area (Å²) in [5.74, 6) is -0.0473. The van der Waals surface area contributed by atoms with Gasteiger partial charge in [-0.2, -0.15) is 0 Å². The average Bonchev–Trinajstić information content (AvgIpc) is 2.63. The minimum absolute atomic E-state index is 0.00148. The van der Waals surface area contributed by atoms with Gasteiger partial charge in [-0.3, -0.25) is 4.79 Å². The van der Waals surface area contributed by atoms with Gasteiger partial charge in [-0.05, 0) is 25.3 Å². The Morgan fingerprint density at radius 3 is 2.62 bits per heavy atom. The summed E-state index contributed by atoms with van der Waals surface area (Å²) in [7, 11) is -3.33. The van der Waals surface area contributed by atoms with Gasteiger partial charge in [0, 0.05) is 25.7 Å². The van der Waals surface area contributed by atoms with E-state index in [0.29, 0.717) is 39.1 Å². The van der Waals surface area contributed by atoms with Crippen LogP contribution in [0.15, 0.2) is 30.3 Å². The lowest BCUT2D eigenvalue weighted by molar-refractivity contribution is -0.129. The minimum atomic E-state index is -3.33. The second kappa shape index (κ2) is 8.47. The number of morpholine rings is 1. The monoisotopic (exact) mass is 381 g/mol. The van der Waals surface area contributed by atoms with Gasteiger partial charge >= 0.3 is 0 Å². The normalized spacial score (nSPS) is 25.7. The number of benzene rings is 1. The van der Waals surface area contributed by atoms with Gasteiger partial charge in [-0.15, -0.1) is 0 Å². The zero-order valence-electron chi connectivity index (χ0n) is 15.1. The van der Waals surface area contributed by atoms with Crippen molar-refractivity contribution in [2.45, 2.75) is 43.7 Å². The molecule has 2 heterocycles. The number of hydrogen-bond donors (Lipinski definition) is 2. The van der Waals surface area contributed by atoms with E-state index in [4.69, 9.17) is 4.74 Å². The Balaban J connectivity index is 1.50. The van der Waals surface area contributed by atoms with Crippen molar-refractivity contribution >= 4 is 15.9 Å². The van der Waals surface area contributed by atoms with Gasteiger partial charge in [-0.1, -0.05) is 30.3 Å². The Kier molecular flexibility index (Phi) is 6.29. The number of nitrogens with zero attached hydrogens (tertiary/aromatic N) is 1. The molecule has 0 aliphatic carbocycles. The summed E-state index contributed by atoms with van der Waals surface area (Å²) in [4.78, 5) is 12.4. The first-order chi connectivity index (χ1) is 12.5. The maximum absolute atomic E-state index is 12.6. The third-order valence-electron chi connectivity index (χ3n) is 4.98. The van der Waals surface area contributed by atoms with Crippen LogP contribution in [0.2, 0.25) is 0 Å². The fourth-order valence-electron chi connectivity index (χ4n) is 3.47. The number of amides is 1. The van der Waals surface area contributed by atoms with E-state index >= 15 is 0 Å². The molecule has 7 nitrogen and oxygen atoms in total. The first kappa shape index (κ1) is 19.3. The molecule has 0 saturated carbocycles. The minimum Gasteiger partial charge on any atom is -0.375 e. The van der Waals surface area contributed by atoms with Crippen LogP contribution < -0.4 is 10.6 Å². The standard InChI is InChI=1S/C18H27N3O4S/c1-14-17(19-9-12-25-14)18(22)20-16-7-10-21(11-8-16)26(23,24)13-15-5-3-2-4-6-15/h2-6,14,16-17,19H,7-13H2,1H3,(H,20,22)/t14-,17+/m1/s1. The van der Waals surface area contributed by atoms with Crippen molar-refractivity contribution < 1.29 is 17.9 Å². The van der Waals surface area contributed by atoms with Gasteiger partial charge in [0.15, 0.2) is 0 Å². The summed E-state index contributed by atoms with van der Waals surface area (Å²) >= 11 is 0. The number of carbonyl (C=O) groups excluding carboxylic acids is 1. The third kappa shape index (κ3) is 4.82. The van der Waals surface area contributed by atoms with Crippen molar-refractivity contribution in [1.82, 2.24) is 14.9 Å². The fourth-order valence-corrected chi connectivity index (χ4v) is 5.04. The summed E-state index contributed by atoms with van der Waals surface area (Å²) < 4.78 is 32.2. The molecule has 0 radical (unpaired) electrons. The quantitative estimate of drug-likeness (QED) is 0.774. The largest absolute Gasteiger partial charge is 0.375 e. The molecule has 0 spiro atoms. The average molecular weight is 381 g/mol. The lowest BCUT2D eigenvalue weighted by Gasteiger charge is -2.34. The Morgan fingerprint density at radius 2 is 1.96 bits per heavy atom. The second-order valence-corrected chi connectivity index (χ2v) is 8.90. The molecular formula is C18H27N3O4S. The van der Waals surface area contributed by atoms with E-state index in [1.165, 1.54) is 4.31 Å². The van der Waals surface area contributed by atoms with Gasteiger partial charge in [-0.25, -0.2) is 12.7 Å².